The molecule has 2 bridgehead atoms. The quantitative estimate of drug-likeness (QED) is 0.726. The minimum atomic E-state index is -1.03. The SMILES string of the molecule is CC(C)(C)OC(=O)N1C2CC(C[C@@H]2O)[C@H]1C(=O)O. The first-order chi connectivity index (χ1) is 8.20. The zero-order chi connectivity index (χ0) is 13.7. The number of aliphatic hydroxyl groups excluding tert-OH is 1. The van der Waals surface area contributed by atoms with Crippen LogP contribution in [0, 0.1) is 5.92 Å². The molecular weight excluding hydrogens is 238 g/mol. The number of likely N-dealkylation sites (tertiary alicyclic amines) is 1. The average molecular weight is 257 g/mol. The molecule has 2 unspecified atom stereocenters. The van der Waals surface area contributed by atoms with Crippen molar-refractivity contribution in [2.75, 3.05) is 0 Å². The summed E-state index contributed by atoms with van der Waals surface area (Å²) < 4.78 is 5.22. The summed E-state index contributed by atoms with van der Waals surface area (Å²) in [6.07, 6.45) is -0.308. The van der Waals surface area contributed by atoms with Crippen molar-refractivity contribution in [2.24, 2.45) is 5.92 Å². The Labute approximate surface area is 106 Å². The van der Waals surface area contributed by atoms with Gasteiger partial charge >= 0.3 is 12.1 Å². The first-order valence-electron chi connectivity index (χ1n) is 6.13. The number of hydrogen-bond acceptors (Lipinski definition) is 4. The van der Waals surface area contributed by atoms with Crippen LogP contribution in [0.2, 0.25) is 0 Å². The summed E-state index contributed by atoms with van der Waals surface area (Å²) in [6, 6.07) is -1.29. The van der Waals surface area contributed by atoms with Gasteiger partial charge in [0.05, 0.1) is 12.1 Å². The molecule has 2 fully saturated rings. The van der Waals surface area contributed by atoms with Gasteiger partial charge in [-0.15, -0.1) is 0 Å². The van der Waals surface area contributed by atoms with Crippen LogP contribution in [-0.4, -0.2) is 51.0 Å². The van der Waals surface area contributed by atoms with Crippen LogP contribution in [0.15, 0.2) is 0 Å². The van der Waals surface area contributed by atoms with Crippen molar-refractivity contribution in [3.05, 3.63) is 0 Å². The third-order valence-electron chi connectivity index (χ3n) is 3.49. The number of aliphatic hydroxyl groups is 1. The number of carboxylic acids is 1. The number of hydrogen-bond donors (Lipinski definition) is 2. The van der Waals surface area contributed by atoms with Gasteiger partial charge < -0.3 is 14.9 Å². The van der Waals surface area contributed by atoms with E-state index in [1.54, 1.807) is 20.8 Å². The van der Waals surface area contributed by atoms with Crippen molar-refractivity contribution in [2.45, 2.75) is 57.4 Å². The molecule has 18 heavy (non-hydrogen) atoms. The lowest BCUT2D eigenvalue weighted by atomic mass is 9.98. The number of carboxylic acid groups (broad SMARTS) is 1. The fourth-order valence-corrected chi connectivity index (χ4v) is 2.91. The summed E-state index contributed by atoms with van der Waals surface area (Å²) >= 11 is 0. The van der Waals surface area contributed by atoms with Crippen molar-refractivity contribution >= 4 is 12.1 Å². The molecule has 0 aromatic carbocycles. The van der Waals surface area contributed by atoms with Gasteiger partial charge in [-0.05, 0) is 39.5 Å². The van der Waals surface area contributed by atoms with Gasteiger partial charge in [-0.2, -0.15) is 0 Å². The van der Waals surface area contributed by atoms with Gasteiger partial charge in [0, 0.05) is 0 Å². The molecule has 1 amide bonds. The second kappa shape index (κ2) is 4.12. The maximum atomic E-state index is 12.0. The summed E-state index contributed by atoms with van der Waals surface area (Å²) in [5, 5.41) is 19.0. The fraction of sp³-hybridized carbons (Fsp3) is 0.833. The number of aliphatic carboxylic acids is 1. The molecule has 1 heterocycles. The Morgan fingerprint density at radius 2 is 1.89 bits per heavy atom. The molecule has 0 spiro atoms. The molecule has 4 atom stereocenters. The van der Waals surface area contributed by atoms with Crippen LogP contribution >= 0.6 is 0 Å². The molecule has 2 aliphatic rings. The highest BCUT2D eigenvalue weighted by Crippen LogP contribution is 2.43. The topological polar surface area (TPSA) is 87.1 Å². The zero-order valence-corrected chi connectivity index (χ0v) is 10.8. The van der Waals surface area contributed by atoms with Crippen molar-refractivity contribution in [1.82, 2.24) is 4.90 Å². The van der Waals surface area contributed by atoms with Gasteiger partial charge in [0.1, 0.15) is 11.6 Å². The van der Waals surface area contributed by atoms with Crippen LogP contribution < -0.4 is 0 Å². The van der Waals surface area contributed by atoms with Gasteiger partial charge in [-0.25, -0.2) is 9.59 Å². The van der Waals surface area contributed by atoms with Crippen molar-refractivity contribution < 1.29 is 24.5 Å². The molecule has 6 nitrogen and oxygen atoms in total. The molecule has 0 radical (unpaired) electrons. The highest BCUT2D eigenvalue weighted by Gasteiger charge is 2.56. The molecule has 1 aliphatic heterocycles. The number of nitrogens with zero attached hydrogens (tertiary/aromatic N) is 1. The van der Waals surface area contributed by atoms with Crippen molar-refractivity contribution in [3.63, 3.8) is 0 Å². The van der Waals surface area contributed by atoms with E-state index in [1.165, 1.54) is 4.90 Å². The Balaban J connectivity index is 2.19. The number of carbonyl (C=O) groups excluding carboxylic acids is 1. The molecule has 0 aromatic rings. The van der Waals surface area contributed by atoms with E-state index in [0.717, 1.165) is 0 Å². The predicted octanol–water partition coefficient (Wildman–Crippen LogP) is 0.830. The minimum absolute atomic E-state index is 0.171. The largest absolute Gasteiger partial charge is 0.480 e. The summed E-state index contributed by atoms with van der Waals surface area (Å²) in [4.78, 5) is 24.5. The maximum absolute atomic E-state index is 12.0. The van der Waals surface area contributed by atoms with Crippen LogP contribution in [0.1, 0.15) is 33.6 Å². The first-order valence-corrected chi connectivity index (χ1v) is 6.13. The molecule has 2 rings (SSSR count). The summed E-state index contributed by atoms with van der Waals surface area (Å²) in [7, 11) is 0. The average Bonchev–Trinajstić information content (AvgIpc) is 2.69. The standard InChI is InChI=1S/C12H19NO5/c1-12(2,3)18-11(17)13-7-4-6(5-8(7)14)9(13)10(15)16/h6-9,14H,4-5H2,1-3H3,(H,15,16)/t6?,7?,8-,9-/m0/s1. The predicted molar refractivity (Wildman–Crippen MR) is 62.0 cm³/mol. The highest BCUT2D eigenvalue weighted by atomic mass is 16.6. The van der Waals surface area contributed by atoms with Crippen LogP contribution in [0.25, 0.3) is 0 Å². The van der Waals surface area contributed by atoms with E-state index < -0.39 is 35.9 Å². The highest BCUT2D eigenvalue weighted by molar-refractivity contribution is 5.82. The summed E-state index contributed by atoms with van der Waals surface area (Å²) in [6.45, 7) is 5.18. The van der Waals surface area contributed by atoms with E-state index >= 15 is 0 Å². The number of rotatable bonds is 1. The Morgan fingerprint density at radius 1 is 1.28 bits per heavy atom. The molecule has 1 saturated carbocycles. The summed E-state index contributed by atoms with van der Waals surface area (Å²) in [5.74, 6) is -1.20. The van der Waals surface area contributed by atoms with Gasteiger partial charge in [0.15, 0.2) is 0 Å². The lowest BCUT2D eigenvalue weighted by Gasteiger charge is -2.36. The van der Waals surface area contributed by atoms with E-state index in [-0.39, 0.29) is 5.92 Å². The Bertz CT molecular complexity index is 375. The van der Waals surface area contributed by atoms with E-state index in [0.29, 0.717) is 12.8 Å². The van der Waals surface area contributed by atoms with Crippen molar-refractivity contribution in [1.29, 1.82) is 0 Å². The lowest BCUT2D eigenvalue weighted by molar-refractivity contribution is -0.146. The first kappa shape index (κ1) is 13.1. The molecule has 2 N–H and O–H groups in total. The third kappa shape index (κ3) is 2.16. The number of amides is 1. The second-order valence-corrected chi connectivity index (χ2v) is 6.04. The third-order valence-corrected chi connectivity index (χ3v) is 3.49. The van der Waals surface area contributed by atoms with E-state index in [9.17, 15) is 19.8 Å². The van der Waals surface area contributed by atoms with Gasteiger partial charge in [0.25, 0.3) is 0 Å². The number of fused-ring (bicyclic) bond motifs is 2. The van der Waals surface area contributed by atoms with Crippen LogP contribution in [0.5, 0.6) is 0 Å². The minimum Gasteiger partial charge on any atom is -0.480 e. The van der Waals surface area contributed by atoms with Crippen LogP contribution in [0.4, 0.5) is 4.79 Å². The Morgan fingerprint density at radius 3 is 2.39 bits per heavy atom. The Hall–Kier alpha value is -1.30. The molecule has 6 heteroatoms. The lowest BCUT2D eigenvalue weighted by Crippen LogP contribution is -2.54. The van der Waals surface area contributed by atoms with Gasteiger partial charge in [-0.1, -0.05) is 0 Å². The molecular formula is C12H19NO5. The number of carbonyl (C=O) groups is 2. The molecule has 1 aliphatic carbocycles. The number of ether oxygens (including phenoxy) is 1. The van der Waals surface area contributed by atoms with E-state index in [1.807, 2.05) is 0 Å². The fourth-order valence-electron chi connectivity index (χ4n) is 2.91. The second-order valence-electron chi connectivity index (χ2n) is 6.04. The Kier molecular flexibility index (Phi) is 3.01. The van der Waals surface area contributed by atoms with Crippen LogP contribution in [0.3, 0.4) is 0 Å². The van der Waals surface area contributed by atoms with Gasteiger partial charge in [-0.3, -0.25) is 4.90 Å². The van der Waals surface area contributed by atoms with Gasteiger partial charge in [0.2, 0.25) is 0 Å². The molecule has 0 aromatic heterocycles. The number of piperidine rings is 1. The normalized spacial score (nSPS) is 34.8. The molecule has 1 saturated heterocycles. The van der Waals surface area contributed by atoms with Crippen LogP contribution in [-0.2, 0) is 9.53 Å². The summed E-state index contributed by atoms with van der Waals surface area (Å²) in [5.41, 5.74) is -0.674. The zero-order valence-electron chi connectivity index (χ0n) is 10.8. The maximum Gasteiger partial charge on any atom is 0.411 e. The smallest absolute Gasteiger partial charge is 0.411 e. The monoisotopic (exact) mass is 257 g/mol. The van der Waals surface area contributed by atoms with Crippen molar-refractivity contribution in [3.8, 4) is 0 Å². The molecule has 102 valence electrons. The van der Waals surface area contributed by atoms with E-state index in [2.05, 4.69) is 0 Å². The van der Waals surface area contributed by atoms with E-state index in [4.69, 9.17) is 4.74 Å².